The molecule has 0 spiro atoms. The van der Waals surface area contributed by atoms with Gasteiger partial charge in [-0.3, -0.25) is 4.79 Å². The molecule has 0 saturated carbocycles. The molecule has 0 aliphatic carbocycles. The predicted octanol–water partition coefficient (Wildman–Crippen LogP) is 3.79. The topological polar surface area (TPSA) is 82.1 Å². The number of hydrogen-bond acceptors (Lipinski definition) is 4. The molecule has 1 aliphatic heterocycles. The lowest BCUT2D eigenvalue weighted by Crippen LogP contribution is -2.47. The maximum absolute atomic E-state index is 13.1. The second-order valence-corrected chi connectivity index (χ2v) is 8.14. The molecule has 1 aliphatic rings. The number of fused-ring (bicyclic) bond motifs is 1. The summed E-state index contributed by atoms with van der Waals surface area (Å²) in [6, 6.07) is 21.7. The van der Waals surface area contributed by atoms with Crippen LogP contribution in [0.2, 0.25) is 0 Å². The maximum atomic E-state index is 13.1. The van der Waals surface area contributed by atoms with Gasteiger partial charge in [-0.2, -0.15) is 0 Å². The maximum Gasteiger partial charge on any atom is 0.270 e. The molecule has 4 aromatic rings. The Morgan fingerprint density at radius 2 is 1.71 bits per heavy atom. The van der Waals surface area contributed by atoms with Crippen molar-refractivity contribution in [3.05, 3.63) is 84.2 Å². The van der Waals surface area contributed by atoms with Crippen molar-refractivity contribution in [2.75, 3.05) is 19.7 Å². The van der Waals surface area contributed by atoms with E-state index in [-0.39, 0.29) is 17.9 Å². The van der Waals surface area contributed by atoms with Crippen LogP contribution in [0.4, 0.5) is 0 Å². The Labute approximate surface area is 180 Å². The Hall–Kier alpha value is -3.51. The van der Waals surface area contributed by atoms with E-state index in [1.807, 2.05) is 59.5 Å². The molecule has 0 bridgehead atoms. The highest BCUT2D eigenvalue weighted by Crippen LogP contribution is 2.35. The lowest BCUT2D eigenvalue weighted by atomic mass is 9.73. The van der Waals surface area contributed by atoms with E-state index in [0.717, 1.165) is 29.4 Å². The second kappa shape index (κ2) is 7.96. The van der Waals surface area contributed by atoms with E-state index in [9.17, 15) is 9.90 Å². The molecule has 2 aromatic heterocycles. The van der Waals surface area contributed by atoms with E-state index < -0.39 is 0 Å². The largest absolute Gasteiger partial charge is 0.395 e. The number of rotatable bonds is 4. The number of nitrogens with one attached hydrogen (secondary N) is 1. The molecule has 1 amide bonds. The molecule has 5 rings (SSSR count). The second-order valence-electron chi connectivity index (χ2n) is 8.14. The first-order chi connectivity index (χ1) is 15.2. The molecular formula is C25H24N4O2. The number of H-pyrrole nitrogens is 1. The predicted molar refractivity (Wildman–Crippen MR) is 120 cm³/mol. The number of benzene rings is 2. The minimum absolute atomic E-state index is 0.0427. The van der Waals surface area contributed by atoms with Crippen LogP contribution in [0.1, 0.15) is 28.9 Å². The summed E-state index contributed by atoms with van der Waals surface area (Å²) in [4.78, 5) is 27.2. The minimum atomic E-state index is -0.283. The smallest absolute Gasteiger partial charge is 0.270 e. The molecular weight excluding hydrogens is 388 g/mol. The van der Waals surface area contributed by atoms with Crippen LogP contribution >= 0.6 is 0 Å². The van der Waals surface area contributed by atoms with E-state index in [1.165, 1.54) is 0 Å². The number of aliphatic hydroxyl groups excluding tert-OH is 1. The number of likely N-dealkylation sites (tertiary alicyclic amines) is 1. The Morgan fingerprint density at radius 3 is 2.39 bits per heavy atom. The molecule has 2 aromatic carbocycles. The van der Waals surface area contributed by atoms with Crippen molar-refractivity contribution in [1.82, 2.24) is 19.9 Å². The van der Waals surface area contributed by atoms with Crippen molar-refractivity contribution < 1.29 is 9.90 Å². The number of aliphatic hydroxyl groups is 1. The molecule has 31 heavy (non-hydrogen) atoms. The van der Waals surface area contributed by atoms with Gasteiger partial charge in [0.15, 0.2) is 5.82 Å². The molecule has 0 atom stereocenters. The fourth-order valence-electron chi connectivity index (χ4n) is 4.40. The van der Waals surface area contributed by atoms with Gasteiger partial charge in [0.25, 0.3) is 5.91 Å². The lowest BCUT2D eigenvalue weighted by molar-refractivity contribution is 0.0589. The molecule has 1 saturated heterocycles. The normalized spacial score (nSPS) is 15.8. The fourth-order valence-corrected chi connectivity index (χ4v) is 4.40. The van der Waals surface area contributed by atoms with E-state index in [2.05, 4.69) is 27.1 Å². The van der Waals surface area contributed by atoms with Crippen LogP contribution in [0.25, 0.3) is 22.4 Å². The highest BCUT2D eigenvalue weighted by molar-refractivity contribution is 5.97. The van der Waals surface area contributed by atoms with Crippen LogP contribution in [-0.4, -0.2) is 50.6 Å². The molecule has 3 heterocycles. The molecule has 1 fully saturated rings. The number of aromatic nitrogens is 3. The Balaban J connectivity index is 1.35. The number of nitrogens with zero attached hydrogens (tertiary/aromatic N) is 3. The summed E-state index contributed by atoms with van der Waals surface area (Å²) in [5, 5.41) is 10.9. The molecule has 6 nitrogen and oxygen atoms in total. The number of carbonyl (C=O) groups is 1. The van der Waals surface area contributed by atoms with Crippen molar-refractivity contribution in [3.8, 4) is 11.4 Å². The van der Waals surface area contributed by atoms with E-state index in [1.54, 1.807) is 6.20 Å². The van der Waals surface area contributed by atoms with Gasteiger partial charge in [-0.15, -0.1) is 0 Å². The van der Waals surface area contributed by atoms with Gasteiger partial charge in [0.1, 0.15) is 11.3 Å². The SMILES string of the molecule is O=C(c1cc2cnc(-c3ccccc3)nc2[nH]1)N1CCC(CO)(c2ccccc2)CC1. The van der Waals surface area contributed by atoms with Crippen molar-refractivity contribution in [3.63, 3.8) is 0 Å². The molecule has 2 N–H and O–H groups in total. The Kier molecular flexibility index (Phi) is 5.00. The zero-order valence-electron chi connectivity index (χ0n) is 17.2. The quantitative estimate of drug-likeness (QED) is 0.534. The monoisotopic (exact) mass is 412 g/mol. The van der Waals surface area contributed by atoms with Crippen LogP contribution in [0, 0.1) is 0 Å². The molecule has 6 heteroatoms. The van der Waals surface area contributed by atoms with Gasteiger partial charge in [0.05, 0.1) is 6.61 Å². The van der Waals surface area contributed by atoms with Gasteiger partial charge < -0.3 is 15.0 Å². The third-order valence-corrected chi connectivity index (χ3v) is 6.33. The summed E-state index contributed by atoms with van der Waals surface area (Å²) in [7, 11) is 0. The average Bonchev–Trinajstić information content (AvgIpc) is 3.28. The van der Waals surface area contributed by atoms with Crippen LogP contribution in [0.5, 0.6) is 0 Å². The van der Waals surface area contributed by atoms with Crippen molar-refractivity contribution in [2.24, 2.45) is 0 Å². The summed E-state index contributed by atoms with van der Waals surface area (Å²) in [5.41, 5.74) is 2.96. The van der Waals surface area contributed by atoms with Crippen LogP contribution in [0.3, 0.4) is 0 Å². The van der Waals surface area contributed by atoms with E-state index >= 15 is 0 Å². The number of carbonyl (C=O) groups excluding carboxylic acids is 1. The first-order valence-electron chi connectivity index (χ1n) is 10.6. The summed E-state index contributed by atoms with van der Waals surface area (Å²) < 4.78 is 0. The van der Waals surface area contributed by atoms with Gasteiger partial charge in [-0.25, -0.2) is 9.97 Å². The van der Waals surface area contributed by atoms with Crippen LogP contribution < -0.4 is 0 Å². The molecule has 0 unspecified atom stereocenters. The highest BCUT2D eigenvalue weighted by atomic mass is 16.3. The number of amides is 1. The minimum Gasteiger partial charge on any atom is -0.395 e. The van der Waals surface area contributed by atoms with Crippen LogP contribution in [0.15, 0.2) is 72.9 Å². The first-order valence-corrected chi connectivity index (χ1v) is 10.6. The summed E-state index contributed by atoms with van der Waals surface area (Å²) in [5.74, 6) is 0.585. The van der Waals surface area contributed by atoms with Gasteiger partial charge in [0, 0.05) is 35.7 Å². The first kappa shape index (κ1) is 19.5. The zero-order valence-corrected chi connectivity index (χ0v) is 17.2. The van der Waals surface area contributed by atoms with E-state index in [4.69, 9.17) is 0 Å². The number of piperidine rings is 1. The van der Waals surface area contributed by atoms with Crippen LogP contribution in [-0.2, 0) is 5.41 Å². The summed E-state index contributed by atoms with van der Waals surface area (Å²) in [6.45, 7) is 1.29. The number of hydrogen-bond donors (Lipinski definition) is 2. The zero-order chi connectivity index (χ0) is 21.3. The van der Waals surface area contributed by atoms with Gasteiger partial charge in [0.2, 0.25) is 0 Å². The Morgan fingerprint density at radius 1 is 1.03 bits per heavy atom. The molecule has 156 valence electrons. The fraction of sp³-hybridized carbons (Fsp3) is 0.240. The van der Waals surface area contributed by atoms with Gasteiger partial charge in [-0.1, -0.05) is 60.7 Å². The van der Waals surface area contributed by atoms with Crippen molar-refractivity contribution in [1.29, 1.82) is 0 Å². The van der Waals surface area contributed by atoms with Gasteiger partial charge in [-0.05, 0) is 24.5 Å². The third-order valence-electron chi connectivity index (χ3n) is 6.33. The number of aromatic amines is 1. The summed E-state index contributed by atoms with van der Waals surface area (Å²) >= 11 is 0. The van der Waals surface area contributed by atoms with Crippen molar-refractivity contribution in [2.45, 2.75) is 18.3 Å². The van der Waals surface area contributed by atoms with E-state index in [0.29, 0.717) is 30.3 Å². The third kappa shape index (κ3) is 3.59. The average molecular weight is 412 g/mol. The standard InChI is InChI=1S/C25H24N4O2/c30-17-25(20-9-5-2-6-10-20)11-13-29(14-12-25)24(31)21-15-19-16-26-22(28-23(19)27-21)18-7-3-1-4-8-18/h1-10,15-16,30H,11-14,17H2,(H,26,27,28). The summed E-state index contributed by atoms with van der Waals surface area (Å²) in [6.07, 6.45) is 3.22. The molecule has 0 radical (unpaired) electrons. The highest BCUT2D eigenvalue weighted by Gasteiger charge is 2.37. The Bertz CT molecular complexity index is 1200. The van der Waals surface area contributed by atoms with Crippen molar-refractivity contribution >= 4 is 16.9 Å². The lowest BCUT2D eigenvalue weighted by Gasteiger charge is -2.41. The van der Waals surface area contributed by atoms with Gasteiger partial charge >= 0.3 is 0 Å².